The number of anilines is 2. The molecule has 12 heteroatoms. The average Bonchev–Trinajstić information content (AvgIpc) is 3.38. The van der Waals surface area contributed by atoms with E-state index in [0.29, 0.717) is 31.6 Å². The van der Waals surface area contributed by atoms with Crippen LogP contribution in [-0.2, 0) is 19.9 Å². The van der Waals surface area contributed by atoms with Crippen molar-refractivity contribution in [1.82, 2.24) is 20.2 Å². The summed E-state index contributed by atoms with van der Waals surface area (Å²) in [4.78, 5) is 11.2. The first-order chi connectivity index (χ1) is 16.7. The summed E-state index contributed by atoms with van der Waals surface area (Å²) in [5, 5.41) is 7.21. The number of H-pyrrole nitrogens is 1. The van der Waals surface area contributed by atoms with Gasteiger partial charge in [-0.2, -0.15) is 5.10 Å². The molecule has 0 spiro atoms. The number of nitrogens with zero attached hydrogens (tertiary/aromatic N) is 4. The van der Waals surface area contributed by atoms with Gasteiger partial charge < -0.3 is 4.90 Å². The molecule has 2 aromatic carbocycles. The fourth-order valence-corrected chi connectivity index (χ4v) is 6.68. The van der Waals surface area contributed by atoms with Crippen molar-refractivity contribution in [2.24, 2.45) is 0 Å². The number of sulfone groups is 1. The molecule has 4 aromatic rings. The predicted molar refractivity (Wildman–Crippen MR) is 134 cm³/mol. The highest BCUT2D eigenvalue weighted by Gasteiger charge is 2.32. The van der Waals surface area contributed by atoms with Crippen molar-refractivity contribution in [3.05, 3.63) is 61.2 Å². The number of hydrogen-bond acceptors (Lipinski definition) is 8. The Morgan fingerprint density at radius 2 is 1.71 bits per heavy atom. The lowest BCUT2D eigenvalue weighted by molar-refractivity contribution is 0.528. The number of fused-ring (bicyclic) bond motifs is 1. The van der Waals surface area contributed by atoms with E-state index in [1.807, 2.05) is 24.4 Å². The van der Waals surface area contributed by atoms with Gasteiger partial charge in [-0.25, -0.2) is 26.8 Å². The lowest BCUT2D eigenvalue weighted by Gasteiger charge is -2.33. The van der Waals surface area contributed by atoms with E-state index in [1.165, 1.54) is 30.6 Å². The van der Waals surface area contributed by atoms with Crippen LogP contribution in [0.15, 0.2) is 66.1 Å². The minimum atomic E-state index is -3.55. The van der Waals surface area contributed by atoms with Gasteiger partial charge in [0.2, 0.25) is 10.0 Å². The molecule has 0 radical (unpaired) electrons. The summed E-state index contributed by atoms with van der Waals surface area (Å²) in [7, 11) is -6.98. The van der Waals surface area contributed by atoms with Crippen molar-refractivity contribution in [2.45, 2.75) is 23.0 Å². The first-order valence-corrected chi connectivity index (χ1v) is 14.4. The van der Waals surface area contributed by atoms with Gasteiger partial charge in [0.1, 0.15) is 12.1 Å². The lowest BCUT2D eigenvalue weighted by atomic mass is 10.1. The van der Waals surface area contributed by atoms with Crippen molar-refractivity contribution in [2.75, 3.05) is 29.0 Å². The van der Waals surface area contributed by atoms with Crippen LogP contribution in [0.4, 0.5) is 11.5 Å². The van der Waals surface area contributed by atoms with Gasteiger partial charge in [0.05, 0.1) is 28.1 Å². The number of sulfonamides is 1. The van der Waals surface area contributed by atoms with Crippen LogP contribution in [0.2, 0.25) is 0 Å². The number of aromatic amines is 1. The molecule has 0 amide bonds. The van der Waals surface area contributed by atoms with Crippen LogP contribution in [0, 0.1) is 0 Å². The molecule has 10 nitrogen and oxygen atoms in total. The Morgan fingerprint density at radius 3 is 2.37 bits per heavy atom. The molecule has 0 saturated carbocycles. The maximum absolute atomic E-state index is 13.2. The van der Waals surface area contributed by atoms with Gasteiger partial charge in [-0.3, -0.25) is 9.82 Å². The van der Waals surface area contributed by atoms with Gasteiger partial charge in [0.15, 0.2) is 9.84 Å². The van der Waals surface area contributed by atoms with Gasteiger partial charge >= 0.3 is 0 Å². The Labute approximate surface area is 203 Å². The molecule has 0 atom stereocenters. The Kier molecular flexibility index (Phi) is 5.93. The van der Waals surface area contributed by atoms with Gasteiger partial charge in [-0.1, -0.05) is 6.07 Å². The normalized spacial score (nSPS) is 15.4. The summed E-state index contributed by atoms with van der Waals surface area (Å²) in [5.41, 5.74) is 3.10. The van der Waals surface area contributed by atoms with E-state index in [9.17, 15) is 16.8 Å². The SMILES string of the molecule is CS(=O)(=O)Nc1ccc(S(=O)(=O)C2CCN(c3ncnc4ccc(-c5cn[nH]c5)cc34)CC2)cc1. The molecule has 1 saturated heterocycles. The number of hydrogen-bond donors (Lipinski definition) is 2. The number of piperidine rings is 1. The van der Waals surface area contributed by atoms with Crippen molar-refractivity contribution in [3.63, 3.8) is 0 Å². The Balaban J connectivity index is 1.34. The predicted octanol–water partition coefficient (Wildman–Crippen LogP) is 2.83. The fourth-order valence-electron chi connectivity index (χ4n) is 4.38. The van der Waals surface area contributed by atoms with E-state index in [0.717, 1.165) is 34.1 Å². The van der Waals surface area contributed by atoms with Gasteiger partial charge in [-0.05, 0) is 54.8 Å². The molecule has 1 aliphatic rings. The molecular weight excluding hydrogens is 488 g/mol. The molecule has 0 unspecified atom stereocenters. The summed E-state index contributed by atoms with van der Waals surface area (Å²) in [6.45, 7) is 1.08. The first-order valence-electron chi connectivity index (χ1n) is 11.0. The Morgan fingerprint density at radius 1 is 0.971 bits per heavy atom. The molecule has 182 valence electrons. The standard InChI is InChI=1S/C23H24N6O4S2/c1-34(30,31)28-18-3-5-19(6-4-18)35(32,33)20-8-10-29(11-9-20)23-21-12-16(17-13-26-27-14-17)2-7-22(21)24-15-25-23/h2-7,12-15,20,28H,8-11H2,1H3,(H,26,27). The molecule has 1 aliphatic heterocycles. The zero-order chi connectivity index (χ0) is 24.6. The largest absolute Gasteiger partial charge is 0.356 e. The molecule has 2 N–H and O–H groups in total. The van der Waals surface area contributed by atoms with Crippen LogP contribution >= 0.6 is 0 Å². The third-order valence-corrected chi connectivity index (χ3v) is 9.00. The van der Waals surface area contributed by atoms with Crippen molar-refractivity contribution < 1.29 is 16.8 Å². The smallest absolute Gasteiger partial charge is 0.229 e. The monoisotopic (exact) mass is 512 g/mol. The van der Waals surface area contributed by atoms with E-state index in [1.54, 1.807) is 6.20 Å². The van der Waals surface area contributed by atoms with Crippen LogP contribution in [0.1, 0.15) is 12.8 Å². The van der Waals surface area contributed by atoms with E-state index in [2.05, 4.69) is 29.8 Å². The number of aromatic nitrogens is 4. The molecule has 2 aromatic heterocycles. The number of benzene rings is 2. The molecular formula is C23H24N6O4S2. The van der Waals surface area contributed by atoms with Crippen LogP contribution in [0.25, 0.3) is 22.0 Å². The quantitative estimate of drug-likeness (QED) is 0.402. The topological polar surface area (TPSA) is 138 Å². The van der Waals surface area contributed by atoms with Crippen LogP contribution < -0.4 is 9.62 Å². The first kappa shape index (κ1) is 23.2. The minimum absolute atomic E-state index is 0.187. The van der Waals surface area contributed by atoms with E-state index in [4.69, 9.17) is 0 Å². The van der Waals surface area contributed by atoms with Crippen LogP contribution in [0.3, 0.4) is 0 Å². The molecule has 3 heterocycles. The highest BCUT2D eigenvalue weighted by atomic mass is 32.2. The average molecular weight is 513 g/mol. The summed E-state index contributed by atoms with van der Waals surface area (Å²) in [5.74, 6) is 0.785. The summed E-state index contributed by atoms with van der Waals surface area (Å²) >= 11 is 0. The van der Waals surface area contributed by atoms with Gasteiger partial charge in [0.25, 0.3) is 0 Å². The second-order valence-electron chi connectivity index (χ2n) is 8.55. The summed E-state index contributed by atoms with van der Waals surface area (Å²) < 4.78 is 51.6. The summed E-state index contributed by atoms with van der Waals surface area (Å²) in [6.07, 6.45) is 7.07. The zero-order valence-corrected chi connectivity index (χ0v) is 20.6. The highest BCUT2D eigenvalue weighted by Crippen LogP contribution is 2.32. The van der Waals surface area contributed by atoms with Crippen molar-refractivity contribution in [1.29, 1.82) is 0 Å². The third-order valence-electron chi connectivity index (χ3n) is 6.11. The van der Waals surface area contributed by atoms with E-state index >= 15 is 0 Å². The molecule has 5 rings (SSSR count). The highest BCUT2D eigenvalue weighted by molar-refractivity contribution is 7.92. The molecule has 1 fully saturated rings. The molecule has 35 heavy (non-hydrogen) atoms. The number of nitrogens with one attached hydrogen (secondary N) is 2. The Bertz CT molecular complexity index is 1560. The third kappa shape index (κ3) is 4.84. The summed E-state index contributed by atoms with van der Waals surface area (Å²) in [6, 6.07) is 11.8. The van der Waals surface area contributed by atoms with Crippen LogP contribution in [0.5, 0.6) is 0 Å². The van der Waals surface area contributed by atoms with Crippen LogP contribution in [-0.4, -0.2) is 61.6 Å². The lowest BCUT2D eigenvalue weighted by Crippen LogP contribution is -2.39. The molecule has 0 bridgehead atoms. The zero-order valence-electron chi connectivity index (χ0n) is 18.9. The second kappa shape index (κ2) is 8.93. The van der Waals surface area contributed by atoms with Crippen molar-refractivity contribution >= 4 is 42.3 Å². The van der Waals surface area contributed by atoms with E-state index < -0.39 is 25.1 Å². The van der Waals surface area contributed by atoms with Crippen molar-refractivity contribution in [3.8, 4) is 11.1 Å². The fraction of sp³-hybridized carbons (Fsp3) is 0.261. The Hall–Kier alpha value is -3.51. The molecule has 0 aliphatic carbocycles. The maximum Gasteiger partial charge on any atom is 0.229 e. The van der Waals surface area contributed by atoms with E-state index in [-0.39, 0.29) is 4.90 Å². The number of rotatable bonds is 6. The second-order valence-corrected chi connectivity index (χ2v) is 12.5. The van der Waals surface area contributed by atoms with Gasteiger partial charge in [-0.15, -0.1) is 0 Å². The maximum atomic E-state index is 13.2. The van der Waals surface area contributed by atoms with Gasteiger partial charge in [0, 0.05) is 35.9 Å². The minimum Gasteiger partial charge on any atom is -0.356 e.